The molecule has 0 saturated carbocycles. The van der Waals surface area contributed by atoms with E-state index in [0.29, 0.717) is 32.0 Å². The lowest BCUT2D eigenvalue weighted by Gasteiger charge is -2.44. The Hall–Kier alpha value is -2.11. The van der Waals surface area contributed by atoms with Crippen LogP contribution in [0.4, 0.5) is 10.1 Å². The summed E-state index contributed by atoms with van der Waals surface area (Å²) in [5.41, 5.74) is -0.110. The Bertz CT molecular complexity index is 1320. The van der Waals surface area contributed by atoms with Gasteiger partial charge in [-0.3, -0.25) is 4.79 Å². The highest BCUT2D eigenvalue weighted by molar-refractivity contribution is 7.89. The number of likely N-dealkylation sites (tertiary alicyclic amines) is 1. The van der Waals surface area contributed by atoms with Crippen molar-refractivity contribution >= 4 is 44.8 Å². The summed E-state index contributed by atoms with van der Waals surface area (Å²) < 4.78 is 46.8. The number of phenolic OH excluding ortho intramolecular Hbond substituents is 1. The van der Waals surface area contributed by atoms with E-state index in [2.05, 4.69) is 0 Å². The van der Waals surface area contributed by atoms with Crippen LogP contribution < -0.4 is 4.90 Å². The van der Waals surface area contributed by atoms with E-state index >= 15 is 0 Å². The van der Waals surface area contributed by atoms with Crippen molar-refractivity contribution in [3.05, 3.63) is 51.8 Å². The molecule has 0 aliphatic carbocycles. The van der Waals surface area contributed by atoms with Crippen molar-refractivity contribution in [1.82, 2.24) is 9.21 Å². The lowest BCUT2D eigenvalue weighted by molar-refractivity contribution is -0.0941. The Labute approximate surface area is 219 Å². The minimum Gasteiger partial charge on any atom is -0.504 e. The molecule has 2 bridgehead atoms. The molecule has 3 fully saturated rings. The molecule has 3 saturated heterocycles. The molecule has 3 aliphatic rings. The van der Waals surface area contributed by atoms with Crippen LogP contribution in [0.25, 0.3) is 0 Å². The third-order valence-electron chi connectivity index (χ3n) is 7.47. The van der Waals surface area contributed by atoms with E-state index in [1.165, 1.54) is 35.6 Å². The van der Waals surface area contributed by atoms with Crippen molar-refractivity contribution < 1.29 is 27.4 Å². The standard InChI is InChI=1S/C24H26Cl2FN3O5S/c1-24(12-35-13-24)28(2)36(33,34)17-8-20(26)22(31)21(9-17)30-15-4-5-16(30)11-29(10-15)23(32)18-6-3-14(27)7-19(18)25/h3,6-9,15-16,31H,4-5,10-13H2,1-2H3/t15-,16+. The number of benzene rings is 2. The van der Waals surface area contributed by atoms with Crippen molar-refractivity contribution in [2.45, 2.75) is 42.3 Å². The Balaban J connectivity index is 1.44. The summed E-state index contributed by atoms with van der Waals surface area (Å²) in [7, 11) is -2.41. The third kappa shape index (κ3) is 4.12. The maximum absolute atomic E-state index is 13.4. The molecule has 1 N–H and O–H groups in total. The Kier molecular flexibility index (Phi) is 6.40. The number of halogens is 3. The van der Waals surface area contributed by atoms with E-state index in [1.54, 1.807) is 11.8 Å². The van der Waals surface area contributed by atoms with Gasteiger partial charge in [-0.2, -0.15) is 4.31 Å². The van der Waals surface area contributed by atoms with Gasteiger partial charge in [0.25, 0.3) is 5.91 Å². The van der Waals surface area contributed by atoms with Gasteiger partial charge in [-0.25, -0.2) is 12.8 Å². The van der Waals surface area contributed by atoms with Crippen LogP contribution in [-0.2, 0) is 14.8 Å². The summed E-state index contributed by atoms with van der Waals surface area (Å²) in [6, 6.07) is 6.06. The maximum Gasteiger partial charge on any atom is 0.255 e. The fourth-order valence-corrected chi connectivity index (χ4v) is 7.29. The number of nitrogens with zero attached hydrogens (tertiary/aromatic N) is 3. The average Bonchev–Trinajstić information content (AvgIpc) is 3.06. The zero-order valence-corrected chi connectivity index (χ0v) is 22.1. The first-order valence-corrected chi connectivity index (χ1v) is 13.7. The number of phenols is 1. The van der Waals surface area contributed by atoms with E-state index < -0.39 is 21.4 Å². The van der Waals surface area contributed by atoms with Crippen molar-refractivity contribution in [3.8, 4) is 5.75 Å². The second kappa shape index (κ2) is 9.02. The monoisotopic (exact) mass is 557 g/mol. The summed E-state index contributed by atoms with van der Waals surface area (Å²) in [5.74, 6) is -1.02. The Morgan fingerprint density at radius 3 is 2.33 bits per heavy atom. The lowest BCUT2D eigenvalue weighted by Crippen LogP contribution is -2.60. The zero-order valence-electron chi connectivity index (χ0n) is 19.7. The molecule has 0 radical (unpaired) electrons. The molecule has 3 heterocycles. The van der Waals surface area contributed by atoms with Gasteiger partial charge in [0, 0.05) is 32.2 Å². The molecule has 3 aliphatic heterocycles. The lowest BCUT2D eigenvalue weighted by atomic mass is 10.0. The highest BCUT2D eigenvalue weighted by Crippen LogP contribution is 2.45. The SMILES string of the molecule is CN(C1(C)COC1)S(=O)(=O)c1cc(Cl)c(O)c(N2[C@@H]3CC[C@H]2CN(C(=O)c2ccc(F)cc2Cl)C3)c1. The number of anilines is 1. The zero-order chi connectivity index (χ0) is 26.0. The summed E-state index contributed by atoms with van der Waals surface area (Å²) in [6.45, 7) is 3.07. The summed E-state index contributed by atoms with van der Waals surface area (Å²) >= 11 is 12.4. The smallest absolute Gasteiger partial charge is 0.255 e. The maximum atomic E-state index is 13.4. The van der Waals surface area contributed by atoms with Crippen LogP contribution in [0.3, 0.4) is 0 Å². The second-order valence-corrected chi connectivity index (χ2v) is 12.6. The van der Waals surface area contributed by atoms with Crippen molar-refractivity contribution in [1.29, 1.82) is 0 Å². The number of fused-ring (bicyclic) bond motifs is 2. The van der Waals surface area contributed by atoms with Gasteiger partial charge >= 0.3 is 0 Å². The minimum atomic E-state index is -3.92. The van der Waals surface area contributed by atoms with E-state index in [1.807, 2.05) is 4.90 Å². The van der Waals surface area contributed by atoms with Crippen molar-refractivity contribution in [2.24, 2.45) is 0 Å². The first kappa shape index (κ1) is 25.5. The quantitative estimate of drug-likeness (QED) is 0.602. The number of carbonyl (C=O) groups excluding carboxylic acids is 1. The number of rotatable bonds is 5. The molecular formula is C24H26Cl2FN3O5S. The molecule has 2 aromatic rings. The number of sulfonamides is 1. The molecule has 36 heavy (non-hydrogen) atoms. The van der Waals surface area contributed by atoms with E-state index in [-0.39, 0.29) is 44.2 Å². The molecule has 2 aromatic carbocycles. The van der Waals surface area contributed by atoms with E-state index in [4.69, 9.17) is 27.9 Å². The van der Waals surface area contributed by atoms with E-state index in [9.17, 15) is 22.7 Å². The van der Waals surface area contributed by atoms with Crippen LogP contribution >= 0.6 is 23.2 Å². The van der Waals surface area contributed by atoms with Gasteiger partial charge < -0.3 is 19.6 Å². The van der Waals surface area contributed by atoms with Crippen LogP contribution in [0.5, 0.6) is 5.75 Å². The largest absolute Gasteiger partial charge is 0.504 e. The minimum absolute atomic E-state index is 0.0214. The molecule has 0 spiro atoms. The molecule has 12 heteroatoms. The van der Waals surface area contributed by atoms with Crippen molar-refractivity contribution in [3.63, 3.8) is 0 Å². The predicted molar refractivity (Wildman–Crippen MR) is 134 cm³/mol. The number of hydrogen-bond acceptors (Lipinski definition) is 6. The molecule has 5 rings (SSSR count). The van der Waals surface area contributed by atoms with Gasteiger partial charge in [0.05, 0.1) is 44.9 Å². The Morgan fingerprint density at radius 1 is 1.14 bits per heavy atom. The molecule has 1 amide bonds. The number of hydrogen-bond donors (Lipinski definition) is 1. The highest BCUT2D eigenvalue weighted by atomic mass is 35.5. The Morgan fingerprint density at radius 2 is 1.78 bits per heavy atom. The second-order valence-electron chi connectivity index (χ2n) is 9.86. The number of aromatic hydroxyl groups is 1. The number of piperazine rings is 1. The molecule has 8 nitrogen and oxygen atoms in total. The number of ether oxygens (including phenoxy) is 1. The predicted octanol–water partition coefficient (Wildman–Crippen LogP) is 3.74. The normalized spacial score (nSPS) is 23.2. The fraction of sp³-hybridized carbons (Fsp3) is 0.458. The van der Waals surface area contributed by atoms with Gasteiger partial charge in [0.1, 0.15) is 5.82 Å². The number of likely N-dealkylation sites (N-methyl/N-ethyl adjacent to an activating group) is 1. The number of amides is 1. The molecule has 2 atom stereocenters. The number of carbonyl (C=O) groups is 1. The third-order valence-corrected chi connectivity index (χ3v) is 10.1. The van der Waals surface area contributed by atoms with Gasteiger partial charge in [0.2, 0.25) is 10.0 Å². The molecule has 0 unspecified atom stereocenters. The molecule has 0 aromatic heterocycles. The van der Waals surface area contributed by atoms with Gasteiger partial charge in [-0.15, -0.1) is 0 Å². The van der Waals surface area contributed by atoms with Gasteiger partial charge in [-0.05, 0) is 50.1 Å². The highest BCUT2D eigenvalue weighted by Gasteiger charge is 2.46. The van der Waals surface area contributed by atoms with Crippen molar-refractivity contribution in [2.75, 3.05) is 38.3 Å². The van der Waals surface area contributed by atoms with Crippen LogP contribution in [-0.4, -0.2) is 79.6 Å². The average molecular weight is 558 g/mol. The molecule has 194 valence electrons. The van der Waals surface area contributed by atoms with Crippen LogP contribution in [0.15, 0.2) is 35.2 Å². The summed E-state index contributed by atoms with van der Waals surface area (Å²) in [6.07, 6.45) is 1.49. The fourth-order valence-electron chi connectivity index (χ4n) is 5.23. The first-order valence-electron chi connectivity index (χ1n) is 11.5. The van der Waals surface area contributed by atoms with Crippen LogP contribution in [0.2, 0.25) is 10.0 Å². The van der Waals surface area contributed by atoms with Gasteiger partial charge in [-0.1, -0.05) is 23.2 Å². The van der Waals surface area contributed by atoms with E-state index in [0.717, 1.165) is 18.9 Å². The van der Waals surface area contributed by atoms with Gasteiger partial charge in [0.15, 0.2) is 5.75 Å². The summed E-state index contributed by atoms with van der Waals surface area (Å²) in [4.78, 5) is 16.7. The van der Waals surface area contributed by atoms with Crippen LogP contribution in [0.1, 0.15) is 30.1 Å². The first-order chi connectivity index (χ1) is 16.9. The topological polar surface area (TPSA) is 90.4 Å². The van der Waals surface area contributed by atoms with Crippen LogP contribution in [0, 0.1) is 5.82 Å². The summed E-state index contributed by atoms with van der Waals surface area (Å²) in [5, 5.41) is 10.8. The molecular weight excluding hydrogens is 532 g/mol.